The number of thiocarbonyl (C=S) groups is 1. The number of amides is 1. The van der Waals surface area contributed by atoms with Crippen LogP contribution in [0.1, 0.15) is 30.8 Å². The summed E-state index contributed by atoms with van der Waals surface area (Å²) in [4.78, 5) is 13.6. The van der Waals surface area contributed by atoms with Crippen LogP contribution in [0.3, 0.4) is 0 Å². The summed E-state index contributed by atoms with van der Waals surface area (Å²) in [5, 5.41) is 1.56. The molecule has 0 unspecified atom stereocenters. The van der Waals surface area contributed by atoms with E-state index < -0.39 is 0 Å². The van der Waals surface area contributed by atoms with Crippen molar-refractivity contribution in [1.29, 1.82) is 0 Å². The molecular weight excluding hydrogens is 444 g/mol. The van der Waals surface area contributed by atoms with Crippen LogP contribution in [0, 0.1) is 19.8 Å². The molecule has 1 aromatic carbocycles. The average Bonchev–Trinajstić information content (AvgIpc) is 3.05. The van der Waals surface area contributed by atoms with Gasteiger partial charge in [-0.3, -0.25) is 9.47 Å². The SMILES string of the molecule is Cc1ccc(C)n1N1C(=O)/C(=C\c2ccc(OCC(C)C)c(Br)c2)SC1=S. The van der Waals surface area contributed by atoms with Gasteiger partial charge in [-0.1, -0.05) is 31.7 Å². The molecule has 7 heteroatoms. The normalized spacial score (nSPS) is 16.1. The first kappa shape index (κ1) is 20.2. The maximum absolute atomic E-state index is 12.9. The fraction of sp³-hybridized carbons (Fsp3) is 0.300. The number of aryl methyl sites for hydroxylation is 2. The zero-order valence-corrected chi connectivity index (χ0v) is 18.9. The summed E-state index contributed by atoms with van der Waals surface area (Å²) in [5.74, 6) is 1.15. The zero-order chi connectivity index (χ0) is 19.7. The summed E-state index contributed by atoms with van der Waals surface area (Å²) in [6.45, 7) is 8.80. The number of ether oxygens (including phenoxy) is 1. The Hall–Kier alpha value is -1.57. The number of carbonyl (C=O) groups is 1. The molecule has 0 N–H and O–H groups in total. The lowest BCUT2D eigenvalue weighted by Crippen LogP contribution is -2.39. The number of thioether (sulfide) groups is 1. The zero-order valence-electron chi connectivity index (χ0n) is 15.7. The van der Waals surface area contributed by atoms with E-state index in [9.17, 15) is 4.79 Å². The quantitative estimate of drug-likeness (QED) is 0.435. The van der Waals surface area contributed by atoms with Crippen LogP contribution in [0.2, 0.25) is 0 Å². The fourth-order valence-corrected chi connectivity index (χ4v) is 4.49. The Balaban J connectivity index is 1.85. The van der Waals surface area contributed by atoms with Crippen molar-refractivity contribution in [3.63, 3.8) is 0 Å². The standard InChI is InChI=1S/C20H21BrN2O2S2/c1-12(2)11-25-17-8-7-15(9-16(17)21)10-18-19(24)23(20(26)27-18)22-13(3)5-6-14(22)4/h5-10,12H,11H2,1-4H3/b18-10+. The topological polar surface area (TPSA) is 34.5 Å². The number of hydrogen-bond acceptors (Lipinski definition) is 4. The minimum atomic E-state index is -0.108. The van der Waals surface area contributed by atoms with Gasteiger partial charge in [0.05, 0.1) is 16.0 Å². The van der Waals surface area contributed by atoms with E-state index in [1.54, 1.807) is 5.01 Å². The molecular formula is C20H21BrN2O2S2. The lowest BCUT2D eigenvalue weighted by atomic mass is 10.2. The van der Waals surface area contributed by atoms with Crippen molar-refractivity contribution in [2.75, 3.05) is 11.6 Å². The van der Waals surface area contributed by atoms with E-state index in [0.717, 1.165) is 27.2 Å². The summed E-state index contributed by atoms with van der Waals surface area (Å²) >= 11 is 10.3. The molecule has 2 aromatic rings. The van der Waals surface area contributed by atoms with Crippen LogP contribution in [0.4, 0.5) is 0 Å². The van der Waals surface area contributed by atoms with Crippen LogP contribution >= 0.6 is 39.9 Å². The first-order valence-electron chi connectivity index (χ1n) is 8.63. The van der Waals surface area contributed by atoms with E-state index in [0.29, 0.717) is 21.8 Å². The highest BCUT2D eigenvalue weighted by Crippen LogP contribution is 2.34. The van der Waals surface area contributed by atoms with Crippen LogP contribution in [0.15, 0.2) is 39.7 Å². The Kier molecular flexibility index (Phi) is 6.13. The van der Waals surface area contributed by atoms with E-state index in [-0.39, 0.29) is 5.91 Å². The molecule has 3 rings (SSSR count). The third-order valence-corrected chi connectivity index (χ3v) is 5.94. The third-order valence-electron chi connectivity index (χ3n) is 4.03. The molecule has 0 spiro atoms. The van der Waals surface area contributed by atoms with Crippen molar-refractivity contribution >= 4 is 56.2 Å². The Morgan fingerprint density at radius 2 is 1.89 bits per heavy atom. The monoisotopic (exact) mass is 464 g/mol. The molecule has 1 aliphatic heterocycles. The van der Waals surface area contributed by atoms with Gasteiger partial charge >= 0.3 is 0 Å². The molecule has 1 aliphatic rings. The van der Waals surface area contributed by atoms with Crippen LogP contribution in [-0.2, 0) is 4.79 Å². The lowest BCUT2D eigenvalue weighted by molar-refractivity contribution is -0.114. The van der Waals surface area contributed by atoms with Crippen molar-refractivity contribution in [1.82, 2.24) is 4.68 Å². The number of nitrogens with zero attached hydrogens (tertiary/aromatic N) is 2. The summed E-state index contributed by atoms with van der Waals surface area (Å²) in [7, 11) is 0. The maximum Gasteiger partial charge on any atom is 0.285 e. The molecule has 142 valence electrons. The van der Waals surface area contributed by atoms with Gasteiger partial charge < -0.3 is 4.74 Å². The number of benzene rings is 1. The van der Waals surface area contributed by atoms with Gasteiger partial charge in [-0.05, 0) is 83.8 Å². The highest BCUT2D eigenvalue weighted by molar-refractivity contribution is 9.10. The molecule has 0 aliphatic carbocycles. The van der Waals surface area contributed by atoms with E-state index in [4.69, 9.17) is 17.0 Å². The second kappa shape index (κ2) is 8.20. The van der Waals surface area contributed by atoms with Gasteiger partial charge in [0, 0.05) is 11.4 Å². The maximum atomic E-state index is 12.9. The summed E-state index contributed by atoms with van der Waals surface area (Å²) in [6.07, 6.45) is 1.87. The Morgan fingerprint density at radius 3 is 2.48 bits per heavy atom. The fourth-order valence-electron chi connectivity index (χ4n) is 2.74. The molecule has 0 bridgehead atoms. The van der Waals surface area contributed by atoms with Gasteiger partial charge in [0.2, 0.25) is 0 Å². The predicted molar refractivity (Wildman–Crippen MR) is 120 cm³/mol. The highest BCUT2D eigenvalue weighted by Gasteiger charge is 2.34. The molecule has 0 radical (unpaired) electrons. The van der Waals surface area contributed by atoms with E-state index in [2.05, 4.69) is 29.8 Å². The van der Waals surface area contributed by atoms with E-state index in [1.807, 2.05) is 54.9 Å². The number of carbonyl (C=O) groups excluding carboxylic acids is 1. The lowest BCUT2D eigenvalue weighted by Gasteiger charge is -2.20. The van der Waals surface area contributed by atoms with E-state index >= 15 is 0 Å². The molecule has 0 saturated carbocycles. The first-order chi connectivity index (χ1) is 12.8. The van der Waals surface area contributed by atoms with Crippen LogP contribution in [0.25, 0.3) is 6.08 Å². The largest absolute Gasteiger partial charge is 0.492 e. The van der Waals surface area contributed by atoms with Gasteiger partial charge in [0.25, 0.3) is 5.91 Å². The minimum Gasteiger partial charge on any atom is -0.492 e. The number of aromatic nitrogens is 1. The van der Waals surface area contributed by atoms with Gasteiger partial charge in [0.1, 0.15) is 5.75 Å². The van der Waals surface area contributed by atoms with Crippen LogP contribution in [0.5, 0.6) is 5.75 Å². The smallest absolute Gasteiger partial charge is 0.285 e. The number of halogens is 1. The molecule has 4 nitrogen and oxygen atoms in total. The second-order valence-electron chi connectivity index (χ2n) is 6.82. The highest BCUT2D eigenvalue weighted by atomic mass is 79.9. The van der Waals surface area contributed by atoms with Crippen LogP contribution in [-0.4, -0.2) is 21.5 Å². The van der Waals surface area contributed by atoms with E-state index in [1.165, 1.54) is 11.8 Å². The van der Waals surface area contributed by atoms with Gasteiger partial charge in [-0.25, -0.2) is 0 Å². The molecule has 1 fully saturated rings. The molecule has 2 heterocycles. The number of hydrogen-bond donors (Lipinski definition) is 0. The van der Waals surface area contributed by atoms with Crippen molar-refractivity contribution in [3.8, 4) is 5.75 Å². The molecule has 0 atom stereocenters. The van der Waals surface area contributed by atoms with Crippen molar-refractivity contribution < 1.29 is 9.53 Å². The van der Waals surface area contributed by atoms with Crippen molar-refractivity contribution in [2.45, 2.75) is 27.7 Å². The molecule has 27 heavy (non-hydrogen) atoms. The van der Waals surface area contributed by atoms with Crippen molar-refractivity contribution in [2.24, 2.45) is 5.92 Å². The van der Waals surface area contributed by atoms with Gasteiger partial charge in [-0.15, -0.1) is 0 Å². The second-order valence-corrected chi connectivity index (χ2v) is 9.35. The Bertz CT molecular complexity index is 915. The first-order valence-corrected chi connectivity index (χ1v) is 10.6. The Labute approximate surface area is 177 Å². The Morgan fingerprint density at radius 1 is 1.22 bits per heavy atom. The summed E-state index contributed by atoms with van der Waals surface area (Å²) in [6, 6.07) is 9.77. The minimum absolute atomic E-state index is 0.108. The molecule has 1 saturated heterocycles. The van der Waals surface area contributed by atoms with Gasteiger partial charge in [0.15, 0.2) is 4.32 Å². The van der Waals surface area contributed by atoms with Crippen LogP contribution < -0.4 is 9.75 Å². The van der Waals surface area contributed by atoms with Gasteiger partial charge in [-0.2, -0.15) is 5.01 Å². The molecule has 1 aromatic heterocycles. The average molecular weight is 465 g/mol. The predicted octanol–water partition coefficient (Wildman–Crippen LogP) is 5.44. The van der Waals surface area contributed by atoms with Crippen molar-refractivity contribution in [3.05, 3.63) is 56.7 Å². The summed E-state index contributed by atoms with van der Waals surface area (Å²) < 4.78 is 9.04. The molecule has 1 amide bonds. The summed E-state index contributed by atoms with van der Waals surface area (Å²) in [5.41, 5.74) is 2.86. The third kappa shape index (κ3) is 4.31. The number of rotatable bonds is 5.